The smallest absolute Gasteiger partial charge is 0.239 e. The molecule has 0 aliphatic carbocycles. The van der Waals surface area contributed by atoms with Crippen LogP contribution >= 0.6 is 0 Å². The highest BCUT2D eigenvalue weighted by atomic mass is 16.1. The average molecular weight is 221 g/mol. The predicted molar refractivity (Wildman–Crippen MR) is 66.3 cm³/mol. The van der Waals surface area contributed by atoms with Gasteiger partial charge in [-0.05, 0) is 24.6 Å². The number of carbonyl (C=O) groups excluding carboxylic acids is 1. The number of anilines is 1. The molecule has 0 saturated carbocycles. The first-order valence-corrected chi connectivity index (χ1v) is 5.45. The van der Waals surface area contributed by atoms with Crippen LogP contribution in [0.4, 0.5) is 5.69 Å². The van der Waals surface area contributed by atoms with E-state index < -0.39 is 0 Å². The van der Waals surface area contributed by atoms with Crippen molar-refractivity contribution < 1.29 is 4.79 Å². The second kappa shape index (κ2) is 6.12. The van der Waals surface area contributed by atoms with E-state index in [1.54, 1.807) is 7.05 Å². The number of rotatable bonds is 5. The normalized spacial score (nSPS) is 9.94. The zero-order valence-electron chi connectivity index (χ0n) is 9.86. The Kier molecular flexibility index (Phi) is 4.79. The molecule has 0 heterocycles. The summed E-state index contributed by atoms with van der Waals surface area (Å²) in [6, 6.07) is 7.96. The number of hydrogen-bond donors (Lipinski definition) is 2. The van der Waals surface area contributed by atoms with Crippen molar-refractivity contribution in [3.8, 4) is 0 Å². The van der Waals surface area contributed by atoms with E-state index in [1.807, 2.05) is 36.1 Å². The highest BCUT2D eigenvalue weighted by Crippen LogP contribution is 2.15. The lowest BCUT2D eigenvalue weighted by atomic mass is 10.2. The van der Waals surface area contributed by atoms with Crippen LogP contribution in [-0.4, -0.2) is 26.0 Å². The third-order valence-corrected chi connectivity index (χ3v) is 2.51. The van der Waals surface area contributed by atoms with Crippen molar-refractivity contribution in [1.29, 1.82) is 0 Å². The minimum Gasteiger partial charge on any atom is -0.362 e. The van der Waals surface area contributed by atoms with Gasteiger partial charge in [0.15, 0.2) is 0 Å². The topological polar surface area (TPSA) is 58.4 Å². The number of benzene rings is 1. The zero-order valence-corrected chi connectivity index (χ0v) is 9.86. The quantitative estimate of drug-likeness (QED) is 0.770. The van der Waals surface area contributed by atoms with E-state index in [4.69, 9.17) is 5.73 Å². The molecule has 1 amide bonds. The maximum absolute atomic E-state index is 11.3. The summed E-state index contributed by atoms with van der Waals surface area (Å²) in [5.41, 5.74) is 7.70. The molecule has 0 aromatic heterocycles. The van der Waals surface area contributed by atoms with Crippen LogP contribution < -0.4 is 16.0 Å². The van der Waals surface area contributed by atoms with Gasteiger partial charge in [0.2, 0.25) is 5.91 Å². The van der Waals surface area contributed by atoms with Crippen molar-refractivity contribution in [2.45, 2.75) is 13.5 Å². The van der Waals surface area contributed by atoms with E-state index in [-0.39, 0.29) is 5.91 Å². The second-order valence-corrected chi connectivity index (χ2v) is 3.56. The van der Waals surface area contributed by atoms with Crippen LogP contribution in [-0.2, 0) is 11.3 Å². The van der Waals surface area contributed by atoms with E-state index in [2.05, 4.69) is 5.32 Å². The zero-order chi connectivity index (χ0) is 12.0. The number of nitrogens with one attached hydrogen (secondary N) is 1. The lowest BCUT2D eigenvalue weighted by Crippen LogP contribution is -2.35. The highest BCUT2D eigenvalue weighted by Gasteiger charge is 2.08. The van der Waals surface area contributed by atoms with E-state index >= 15 is 0 Å². The van der Waals surface area contributed by atoms with Gasteiger partial charge < -0.3 is 16.0 Å². The molecule has 0 bridgehead atoms. The second-order valence-electron chi connectivity index (χ2n) is 3.56. The summed E-state index contributed by atoms with van der Waals surface area (Å²) in [4.78, 5) is 13.3. The average Bonchev–Trinajstić information content (AvgIpc) is 2.35. The number of nitrogens with zero attached hydrogens (tertiary/aromatic N) is 1. The summed E-state index contributed by atoms with van der Waals surface area (Å²) in [7, 11) is 1.65. The molecule has 0 aliphatic rings. The molecular formula is C12H19N3O. The third-order valence-electron chi connectivity index (χ3n) is 2.51. The van der Waals surface area contributed by atoms with Crippen LogP contribution in [0.2, 0.25) is 0 Å². The molecule has 1 aromatic rings. The minimum atomic E-state index is 0.0139. The number of carbonyl (C=O) groups is 1. The first kappa shape index (κ1) is 12.5. The van der Waals surface area contributed by atoms with Gasteiger partial charge in [0, 0.05) is 25.8 Å². The summed E-state index contributed by atoms with van der Waals surface area (Å²) in [5, 5.41) is 2.62. The van der Waals surface area contributed by atoms with Gasteiger partial charge in [0.25, 0.3) is 0 Å². The molecule has 3 N–H and O–H groups in total. The molecule has 1 aromatic carbocycles. The van der Waals surface area contributed by atoms with E-state index in [0.717, 1.165) is 17.8 Å². The van der Waals surface area contributed by atoms with Crippen LogP contribution in [0.25, 0.3) is 0 Å². The van der Waals surface area contributed by atoms with Gasteiger partial charge in [-0.25, -0.2) is 0 Å². The Morgan fingerprint density at radius 2 is 2.25 bits per heavy atom. The van der Waals surface area contributed by atoms with Crippen molar-refractivity contribution in [2.75, 3.05) is 25.0 Å². The van der Waals surface area contributed by atoms with Crippen LogP contribution in [0.3, 0.4) is 0 Å². The number of likely N-dealkylation sites (N-methyl/N-ethyl adjacent to an activating group) is 2. The summed E-state index contributed by atoms with van der Waals surface area (Å²) in [5.74, 6) is 0.0139. The molecule has 88 valence electrons. The molecule has 0 atom stereocenters. The summed E-state index contributed by atoms with van der Waals surface area (Å²) < 4.78 is 0. The summed E-state index contributed by atoms with van der Waals surface area (Å²) in [6.07, 6.45) is 0. The fraction of sp³-hybridized carbons (Fsp3) is 0.417. The largest absolute Gasteiger partial charge is 0.362 e. The Hall–Kier alpha value is -1.55. The van der Waals surface area contributed by atoms with Crippen molar-refractivity contribution in [2.24, 2.45) is 5.73 Å². The van der Waals surface area contributed by atoms with Gasteiger partial charge in [-0.2, -0.15) is 0 Å². The molecule has 1 rings (SSSR count). The molecule has 0 unspecified atom stereocenters. The molecular weight excluding hydrogens is 202 g/mol. The molecule has 0 fully saturated rings. The highest BCUT2D eigenvalue weighted by molar-refractivity contribution is 5.81. The van der Waals surface area contributed by atoms with Gasteiger partial charge in [-0.3, -0.25) is 4.79 Å². The molecule has 0 aliphatic heterocycles. The first-order valence-electron chi connectivity index (χ1n) is 5.45. The maximum atomic E-state index is 11.3. The molecule has 4 nitrogen and oxygen atoms in total. The third kappa shape index (κ3) is 3.24. The lowest BCUT2D eigenvalue weighted by molar-refractivity contribution is -0.119. The number of nitrogens with two attached hydrogens (primary N) is 1. The predicted octanol–water partition coefficient (Wildman–Crippen LogP) is 0.718. The van der Waals surface area contributed by atoms with Crippen LogP contribution in [0.1, 0.15) is 12.5 Å². The SMILES string of the molecule is CCN(CC(=O)NC)c1cccc(CN)c1. The van der Waals surface area contributed by atoms with Crippen LogP contribution in [0.5, 0.6) is 0 Å². The van der Waals surface area contributed by atoms with Crippen molar-refractivity contribution in [3.63, 3.8) is 0 Å². The monoisotopic (exact) mass is 221 g/mol. The van der Waals surface area contributed by atoms with Crippen molar-refractivity contribution >= 4 is 11.6 Å². The van der Waals surface area contributed by atoms with Crippen LogP contribution in [0, 0.1) is 0 Å². The van der Waals surface area contributed by atoms with Crippen molar-refractivity contribution in [1.82, 2.24) is 5.32 Å². The maximum Gasteiger partial charge on any atom is 0.239 e. The Balaban J connectivity index is 2.81. The Morgan fingerprint density at radius 3 is 2.81 bits per heavy atom. The minimum absolute atomic E-state index is 0.0139. The van der Waals surface area contributed by atoms with Gasteiger partial charge in [0.05, 0.1) is 6.54 Å². The molecule has 16 heavy (non-hydrogen) atoms. The Bertz CT molecular complexity index is 352. The summed E-state index contributed by atoms with van der Waals surface area (Å²) in [6.45, 7) is 3.71. The van der Waals surface area contributed by atoms with Gasteiger partial charge >= 0.3 is 0 Å². The Morgan fingerprint density at radius 1 is 1.50 bits per heavy atom. The van der Waals surface area contributed by atoms with Gasteiger partial charge in [0.1, 0.15) is 0 Å². The molecule has 4 heteroatoms. The van der Waals surface area contributed by atoms with Gasteiger partial charge in [-0.15, -0.1) is 0 Å². The lowest BCUT2D eigenvalue weighted by Gasteiger charge is -2.22. The molecule has 0 radical (unpaired) electrons. The fourth-order valence-corrected chi connectivity index (χ4v) is 1.52. The van der Waals surface area contributed by atoms with E-state index in [1.165, 1.54) is 0 Å². The van der Waals surface area contributed by atoms with E-state index in [9.17, 15) is 4.79 Å². The number of amides is 1. The molecule has 0 saturated heterocycles. The Labute approximate surface area is 96.4 Å². The molecule has 0 spiro atoms. The summed E-state index contributed by atoms with van der Waals surface area (Å²) >= 11 is 0. The van der Waals surface area contributed by atoms with E-state index in [0.29, 0.717) is 13.1 Å². The fourth-order valence-electron chi connectivity index (χ4n) is 1.52. The standard InChI is InChI=1S/C12H19N3O/c1-3-15(9-12(16)14-2)11-6-4-5-10(7-11)8-13/h4-7H,3,8-9,13H2,1-2H3,(H,14,16). The van der Waals surface area contributed by atoms with Crippen molar-refractivity contribution in [3.05, 3.63) is 29.8 Å². The first-order chi connectivity index (χ1) is 7.71. The van der Waals surface area contributed by atoms with Gasteiger partial charge in [-0.1, -0.05) is 12.1 Å². The number of hydrogen-bond acceptors (Lipinski definition) is 3. The van der Waals surface area contributed by atoms with Crippen LogP contribution in [0.15, 0.2) is 24.3 Å².